The van der Waals surface area contributed by atoms with Crippen LogP contribution in [0.4, 0.5) is 0 Å². The highest BCUT2D eigenvalue weighted by Gasteiger charge is 2.27. The first-order chi connectivity index (χ1) is 27.5. The van der Waals surface area contributed by atoms with Crippen molar-refractivity contribution in [2.75, 3.05) is 40.2 Å². The molecule has 0 bridgehead atoms. The Morgan fingerprint density at radius 1 is 0.464 bits per heavy atom. The molecule has 4 aromatic carbocycles. The van der Waals surface area contributed by atoms with Crippen LogP contribution in [0.15, 0.2) is 115 Å². The molecular formula is C46H56O10. The van der Waals surface area contributed by atoms with E-state index in [0.29, 0.717) is 30.9 Å². The van der Waals surface area contributed by atoms with Gasteiger partial charge in [0.05, 0.1) is 30.9 Å². The highest BCUT2D eigenvalue weighted by atomic mass is 16.7. The molecule has 0 aliphatic heterocycles. The molecule has 0 heterocycles. The zero-order chi connectivity index (χ0) is 39.1. The zero-order valence-electron chi connectivity index (χ0n) is 32.5. The van der Waals surface area contributed by atoms with Crippen LogP contribution in [0.1, 0.15) is 91.8 Å². The second-order valence-corrected chi connectivity index (χ2v) is 14.5. The molecule has 0 unspecified atom stereocenters. The van der Waals surface area contributed by atoms with E-state index in [1.165, 1.54) is 12.8 Å². The molecule has 2 saturated carbocycles. The standard InChI is InChI=1S/C26H30O6.C20H26O4/c1-26(17-27-20-30-23-11-5-2-6-12-23,18-28-21-31-24-13-7-3-8-14-24)19-29-22-32-25-15-9-4-10-16-25;21-19(23-15-9-3-1-4-10-15)17-13-7-8-14-18(17)20(22)24-16-11-5-2-6-12-16/h2-16H,17-22H2,1H3;7-8,13-16H,1-6,9-12H2. The summed E-state index contributed by atoms with van der Waals surface area (Å²) >= 11 is 0. The van der Waals surface area contributed by atoms with Crippen LogP contribution in [0.3, 0.4) is 0 Å². The Labute approximate surface area is 331 Å². The predicted octanol–water partition coefficient (Wildman–Crippen LogP) is 9.82. The van der Waals surface area contributed by atoms with E-state index in [1.807, 2.05) is 97.9 Å². The van der Waals surface area contributed by atoms with Crippen molar-refractivity contribution in [2.45, 2.75) is 83.3 Å². The lowest BCUT2D eigenvalue weighted by atomic mass is 9.94. The van der Waals surface area contributed by atoms with Gasteiger partial charge < -0.3 is 37.9 Å². The summed E-state index contributed by atoms with van der Waals surface area (Å²) in [4.78, 5) is 25.0. The average Bonchev–Trinajstić information content (AvgIpc) is 3.25. The monoisotopic (exact) mass is 768 g/mol. The van der Waals surface area contributed by atoms with Gasteiger partial charge in [0.25, 0.3) is 0 Å². The van der Waals surface area contributed by atoms with Gasteiger partial charge in [0, 0.05) is 5.41 Å². The number of hydrogen-bond acceptors (Lipinski definition) is 10. The van der Waals surface area contributed by atoms with Crippen molar-refractivity contribution in [2.24, 2.45) is 5.41 Å². The minimum atomic E-state index is -0.417. The predicted molar refractivity (Wildman–Crippen MR) is 213 cm³/mol. The number of rotatable bonds is 19. The normalized spacial score (nSPS) is 14.8. The Morgan fingerprint density at radius 3 is 1.09 bits per heavy atom. The average molecular weight is 769 g/mol. The molecule has 0 N–H and O–H groups in total. The van der Waals surface area contributed by atoms with Crippen LogP contribution >= 0.6 is 0 Å². The molecule has 300 valence electrons. The van der Waals surface area contributed by atoms with E-state index < -0.39 is 17.4 Å². The number of carbonyl (C=O) groups excluding carboxylic acids is 2. The van der Waals surface area contributed by atoms with Gasteiger partial charge in [-0.3, -0.25) is 0 Å². The van der Waals surface area contributed by atoms with Gasteiger partial charge in [0.1, 0.15) is 29.5 Å². The van der Waals surface area contributed by atoms with Crippen molar-refractivity contribution < 1.29 is 47.5 Å². The van der Waals surface area contributed by atoms with Crippen LogP contribution in [0, 0.1) is 5.41 Å². The molecule has 0 aromatic heterocycles. The Morgan fingerprint density at radius 2 is 0.768 bits per heavy atom. The summed E-state index contributed by atoms with van der Waals surface area (Å²) in [5.41, 5.74) is 0.230. The van der Waals surface area contributed by atoms with Crippen LogP contribution in [0.5, 0.6) is 17.2 Å². The summed E-state index contributed by atoms with van der Waals surface area (Å²) < 4.78 is 45.4. The van der Waals surface area contributed by atoms with Crippen molar-refractivity contribution in [3.05, 3.63) is 126 Å². The fraction of sp³-hybridized carbons (Fsp3) is 0.435. The summed E-state index contributed by atoms with van der Waals surface area (Å²) in [6, 6.07) is 35.5. The van der Waals surface area contributed by atoms with Gasteiger partial charge >= 0.3 is 11.9 Å². The summed E-state index contributed by atoms with van der Waals surface area (Å²) in [6.07, 6.45) is 10.4. The number of esters is 2. The number of para-hydroxylation sites is 3. The van der Waals surface area contributed by atoms with Crippen molar-refractivity contribution in [1.29, 1.82) is 0 Å². The fourth-order valence-corrected chi connectivity index (χ4v) is 6.50. The molecule has 2 fully saturated rings. The third-order valence-electron chi connectivity index (χ3n) is 9.53. The number of benzene rings is 4. The molecule has 0 spiro atoms. The molecule has 2 aliphatic carbocycles. The van der Waals surface area contributed by atoms with E-state index in [4.69, 9.17) is 37.9 Å². The molecule has 56 heavy (non-hydrogen) atoms. The second-order valence-electron chi connectivity index (χ2n) is 14.5. The minimum Gasteiger partial charge on any atom is -0.468 e. The van der Waals surface area contributed by atoms with Crippen LogP contribution in [0.25, 0.3) is 0 Å². The second kappa shape index (κ2) is 23.9. The van der Waals surface area contributed by atoms with Gasteiger partial charge in [-0.2, -0.15) is 0 Å². The third kappa shape index (κ3) is 15.3. The molecular weight excluding hydrogens is 712 g/mol. The van der Waals surface area contributed by atoms with Crippen molar-refractivity contribution in [1.82, 2.24) is 0 Å². The third-order valence-corrected chi connectivity index (χ3v) is 9.53. The van der Waals surface area contributed by atoms with Crippen molar-refractivity contribution >= 4 is 11.9 Å². The largest absolute Gasteiger partial charge is 0.468 e. The highest BCUT2D eigenvalue weighted by molar-refractivity contribution is 6.03. The molecule has 4 aromatic rings. The van der Waals surface area contributed by atoms with Crippen LogP contribution < -0.4 is 14.2 Å². The smallest absolute Gasteiger partial charge is 0.339 e. The van der Waals surface area contributed by atoms with Gasteiger partial charge in [-0.25, -0.2) is 9.59 Å². The van der Waals surface area contributed by atoms with Gasteiger partial charge in [-0.1, -0.05) is 86.5 Å². The minimum absolute atomic E-state index is 0.0197. The molecule has 10 nitrogen and oxygen atoms in total. The van der Waals surface area contributed by atoms with E-state index >= 15 is 0 Å². The lowest BCUT2D eigenvalue weighted by Gasteiger charge is -2.28. The molecule has 0 radical (unpaired) electrons. The van der Waals surface area contributed by atoms with Gasteiger partial charge in [-0.05, 0) is 99.9 Å². The maximum absolute atomic E-state index is 12.5. The maximum Gasteiger partial charge on any atom is 0.339 e. The quantitative estimate of drug-likeness (QED) is 0.0520. The Hall–Kier alpha value is -4.90. The molecule has 10 heteroatoms. The SMILES string of the molecule is CC(COCOc1ccccc1)(COCOc1ccccc1)COCOc1ccccc1.O=C(OC1CCCCC1)c1ccccc1C(=O)OC1CCCCC1. The summed E-state index contributed by atoms with van der Waals surface area (Å²) in [6.45, 7) is 3.60. The lowest BCUT2D eigenvalue weighted by molar-refractivity contribution is -0.116. The van der Waals surface area contributed by atoms with Gasteiger partial charge in [-0.15, -0.1) is 0 Å². The maximum atomic E-state index is 12.5. The molecule has 0 atom stereocenters. The van der Waals surface area contributed by atoms with Gasteiger partial charge in [0.15, 0.2) is 20.4 Å². The Bertz CT molecular complexity index is 1510. The van der Waals surface area contributed by atoms with E-state index in [1.54, 1.807) is 24.3 Å². The highest BCUT2D eigenvalue weighted by Crippen LogP contribution is 2.25. The lowest BCUT2D eigenvalue weighted by Crippen LogP contribution is -2.35. The van der Waals surface area contributed by atoms with Crippen LogP contribution in [-0.2, 0) is 23.7 Å². The Kier molecular flexibility index (Phi) is 18.0. The number of carbonyl (C=O) groups is 2. The number of hydrogen-bond donors (Lipinski definition) is 0. The first kappa shape index (κ1) is 42.2. The van der Waals surface area contributed by atoms with E-state index in [9.17, 15) is 9.59 Å². The molecule has 6 rings (SSSR count). The van der Waals surface area contributed by atoms with Crippen molar-refractivity contribution in [3.63, 3.8) is 0 Å². The van der Waals surface area contributed by atoms with E-state index in [0.717, 1.165) is 68.6 Å². The number of ether oxygens (including phenoxy) is 8. The Balaban J connectivity index is 0.000000223. The summed E-state index contributed by atoms with van der Waals surface area (Å²) in [7, 11) is 0. The fourth-order valence-electron chi connectivity index (χ4n) is 6.50. The molecule has 0 amide bonds. The topological polar surface area (TPSA) is 108 Å². The van der Waals surface area contributed by atoms with Crippen molar-refractivity contribution in [3.8, 4) is 17.2 Å². The first-order valence-corrected chi connectivity index (χ1v) is 19.8. The van der Waals surface area contributed by atoms with Crippen LogP contribution in [0.2, 0.25) is 0 Å². The van der Waals surface area contributed by atoms with E-state index in [-0.39, 0.29) is 32.6 Å². The first-order valence-electron chi connectivity index (χ1n) is 19.8. The summed E-state index contributed by atoms with van der Waals surface area (Å²) in [5.74, 6) is 1.47. The summed E-state index contributed by atoms with van der Waals surface area (Å²) in [5, 5.41) is 0. The van der Waals surface area contributed by atoms with Crippen LogP contribution in [-0.4, -0.2) is 64.3 Å². The molecule has 2 aliphatic rings. The molecule has 0 saturated heterocycles. The van der Waals surface area contributed by atoms with E-state index in [2.05, 4.69) is 0 Å². The zero-order valence-corrected chi connectivity index (χ0v) is 32.5. The van der Waals surface area contributed by atoms with Gasteiger partial charge in [0.2, 0.25) is 0 Å².